The monoisotopic (exact) mass is 363 g/mol. The summed E-state index contributed by atoms with van der Waals surface area (Å²) in [6.07, 6.45) is 0. The van der Waals surface area contributed by atoms with Crippen molar-refractivity contribution in [3.05, 3.63) is 67.1 Å². The summed E-state index contributed by atoms with van der Waals surface area (Å²) in [7, 11) is 0. The predicted molar refractivity (Wildman–Crippen MR) is 81.6 cm³/mol. The molecule has 1 atom stereocenters. The highest BCUT2D eigenvalue weighted by Gasteiger charge is 2.14. The van der Waals surface area contributed by atoms with E-state index < -0.39 is 0 Å². The zero-order valence-corrected chi connectivity index (χ0v) is 13.0. The third-order valence-corrected chi connectivity index (χ3v) is 4.29. The van der Waals surface area contributed by atoms with Gasteiger partial charge in [0.1, 0.15) is 0 Å². The third kappa shape index (κ3) is 3.01. The lowest BCUT2D eigenvalue weighted by atomic mass is 10.00. The van der Waals surface area contributed by atoms with Gasteiger partial charge in [-0.25, -0.2) is 0 Å². The van der Waals surface area contributed by atoms with Crippen LogP contribution in [0.1, 0.15) is 17.2 Å². The molecule has 1 unspecified atom stereocenters. The van der Waals surface area contributed by atoms with Gasteiger partial charge in [0.15, 0.2) is 0 Å². The summed E-state index contributed by atoms with van der Waals surface area (Å²) in [4.78, 5) is 0. The molecule has 0 aliphatic carbocycles. The van der Waals surface area contributed by atoms with Crippen LogP contribution in [0.15, 0.2) is 40.9 Å². The van der Waals surface area contributed by atoms with Crippen molar-refractivity contribution in [2.24, 2.45) is 5.73 Å². The summed E-state index contributed by atoms with van der Waals surface area (Å²) < 4.78 is 0.908. The molecular weight excluding hydrogens is 356 g/mol. The van der Waals surface area contributed by atoms with Crippen LogP contribution in [0.2, 0.25) is 15.1 Å². The zero-order valence-electron chi connectivity index (χ0n) is 9.13. The maximum absolute atomic E-state index is 6.21. The number of benzene rings is 2. The number of rotatable bonds is 2. The third-order valence-electron chi connectivity index (χ3n) is 2.60. The van der Waals surface area contributed by atoms with E-state index in [0.29, 0.717) is 15.1 Å². The standard InChI is InChI=1S/C13H9BrCl3N/c14-10-3-2-8(15)6-9(10)13(18)7-1-4-11(16)12(17)5-7/h1-6,13H,18H2. The summed E-state index contributed by atoms with van der Waals surface area (Å²) >= 11 is 21.3. The topological polar surface area (TPSA) is 26.0 Å². The molecule has 0 radical (unpaired) electrons. The summed E-state index contributed by atoms with van der Waals surface area (Å²) in [5.41, 5.74) is 8.00. The van der Waals surface area contributed by atoms with Crippen molar-refractivity contribution in [3.8, 4) is 0 Å². The highest BCUT2D eigenvalue weighted by atomic mass is 79.9. The Morgan fingerprint density at radius 2 is 1.67 bits per heavy atom. The van der Waals surface area contributed by atoms with Gasteiger partial charge in [-0.2, -0.15) is 0 Å². The van der Waals surface area contributed by atoms with Gasteiger partial charge in [-0.1, -0.05) is 56.8 Å². The normalized spacial score (nSPS) is 12.5. The van der Waals surface area contributed by atoms with Crippen LogP contribution in [-0.2, 0) is 0 Å². The molecule has 1 nitrogen and oxygen atoms in total. The number of nitrogens with two attached hydrogens (primary N) is 1. The first-order valence-corrected chi connectivity index (χ1v) is 7.07. The lowest BCUT2D eigenvalue weighted by Crippen LogP contribution is -2.12. The molecule has 94 valence electrons. The largest absolute Gasteiger partial charge is 0.320 e. The average molecular weight is 365 g/mol. The minimum absolute atomic E-state index is 0.312. The van der Waals surface area contributed by atoms with E-state index in [9.17, 15) is 0 Å². The second-order valence-corrected chi connectivity index (χ2v) is 5.92. The Kier molecular flexibility index (Phi) is 4.57. The molecule has 0 bridgehead atoms. The highest BCUT2D eigenvalue weighted by Crippen LogP contribution is 2.32. The lowest BCUT2D eigenvalue weighted by molar-refractivity contribution is 0.866. The smallest absolute Gasteiger partial charge is 0.0595 e. The first-order chi connectivity index (χ1) is 8.49. The van der Waals surface area contributed by atoms with Crippen molar-refractivity contribution in [2.75, 3.05) is 0 Å². The predicted octanol–water partition coefficient (Wildman–Crippen LogP) is 5.46. The molecule has 0 saturated carbocycles. The molecule has 2 rings (SSSR count). The van der Waals surface area contributed by atoms with Crippen LogP contribution in [0.25, 0.3) is 0 Å². The fourth-order valence-electron chi connectivity index (χ4n) is 1.64. The first-order valence-electron chi connectivity index (χ1n) is 5.14. The molecule has 0 aliphatic heterocycles. The van der Waals surface area contributed by atoms with E-state index in [1.807, 2.05) is 18.2 Å². The van der Waals surface area contributed by atoms with Crippen molar-refractivity contribution >= 4 is 50.7 Å². The van der Waals surface area contributed by atoms with E-state index in [-0.39, 0.29) is 6.04 Å². The van der Waals surface area contributed by atoms with Gasteiger partial charge in [0.05, 0.1) is 16.1 Å². The van der Waals surface area contributed by atoms with Crippen molar-refractivity contribution < 1.29 is 0 Å². The van der Waals surface area contributed by atoms with Crippen LogP contribution in [0.3, 0.4) is 0 Å². The second-order valence-electron chi connectivity index (χ2n) is 3.82. The average Bonchev–Trinajstić information content (AvgIpc) is 2.35. The Morgan fingerprint density at radius 1 is 0.944 bits per heavy atom. The van der Waals surface area contributed by atoms with E-state index in [0.717, 1.165) is 15.6 Å². The Bertz CT molecular complexity index is 586. The maximum Gasteiger partial charge on any atom is 0.0595 e. The molecule has 2 aromatic carbocycles. The molecule has 0 saturated heterocycles. The Balaban J connectivity index is 2.44. The second kappa shape index (κ2) is 5.81. The molecule has 2 aromatic rings. The molecule has 0 amide bonds. The molecule has 0 aliphatic rings. The molecule has 0 spiro atoms. The van der Waals surface area contributed by atoms with Crippen molar-refractivity contribution in [2.45, 2.75) is 6.04 Å². The quantitative estimate of drug-likeness (QED) is 0.752. The van der Waals surface area contributed by atoms with E-state index in [1.165, 1.54) is 0 Å². The Morgan fingerprint density at radius 3 is 2.33 bits per heavy atom. The fraction of sp³-hybridized carbons (Fsp3) is 0.0769. The van der Waals surface area contributed by atoms with Gasteiger partial charge in [0.25, 0.3) is 0 Å². The molecule has 2 N–H and O–H groups in total. The van der Waals surface area contributed by atoms with Gasteiger partial charge in [0, 0.05) is 9.50 Å². The summed E-state index contributed by atoms with van der Waals surface area (Å²) in [6, 6.07) is 10.5. The van der Waals surface area contributed by atoms with Gasteiger partial charge >= 0.3 is 0 Å². The summed E-state index contributed by atoms with van der Waals surface area (Å²) in [6.45, 7) is 0. The number of hydrogen-bond donors (Lipinski definition) is 1. The minimum Gasteiger partial charge on any atom is -0.320 e. The fourth-order valence-corrected chi connectivity index (χ4v) is 2.62. The molecule has 18 heavy (non-hydrogen) atoms. The van der Waals surface area contributed by atoms with Gasteiger partial charge in [0.2, 0.25) is 0 Å². The van der Waals surface area contributed by atoms with E-state index in [1.54, 1.807) is 18.2 Å². The van der Waals surface area contributed by atoms with E-state index in [4.69, 9.17) is 40.5 Å². The van der Waals surface area contributed by atoms with Gasteiger partial charge in [-0.15, -0.1) is 0 Å². The van der Waals surface area contributed by atoms with E-state index >= 15 is 0 Å². The molecule has 0 heterocycles. The van der Waals surface area contributed by atoms with Crippen LogP contribution >= 0.6 is 50.7 Å². The minimum atomic E-state index is -0.312. The SMILES string of the molecule is NC(c1ccc(Cl)c(Cl)c1)c1cc(Cl)ccc1Br. The Labute approximate surface area is 129 Å². The Hall–Kier alpha value is -0.250. The van der Waals surface area contributed by atoms with Gasteiger partial charge in [-0.3, -0.25) is 0 Å². The van der Waals surface area contributed by atoms with Crippen LogP contribution in [0.4, 0.5) is 0 Å². The van der Waals surface area contributed by atoms with Gasteiger partial charge in [-0.05, 0) is 41.5 Å². The summed E-state index contributed by atoms with van der Waals surface area (Å²) in [5, 5.41) is 1.64. The van der Waals surface area contributed by atoms with Crippen LogP contribution in [0, 0.1) is 0 Å². The van der Waals surface area contributed by atoms with Crippen molar-refractivity contribution in [1.82, 2.24) is 0 Å². The van der Waals surface area contributed by atoms with Crippen LogP contribution in [-0.4, -0.2) is 0 Å². The number of hydrogen-bond acceptors (Lipinski definition) is 1. The molecule has 0 fully saturated rings. The molecular formula is C13H9BrCl3N. The zero-order chi connectivity index (χ0) is 13.3. The first kappa shape index (κ1) is 14.2. The van der Waals surface area contributed by atoms with Gasteiger partial charge < -0.3 is 5.73 Å². The maximum atomic E-state index is 6.21. The molecule has 0 aromatic heterocycles. The van der Waals surface area contributed by atoms with Crippen molar-refractivity contribution in [1.29, 1.82) is 0 Å². The van der Waals surface area contributed by atoms with E-state index in [2.05, 4.69) is 15.9 Å². The van der Waals surface area contributed by atoms with Crippen molar-refractivity contribution in [3.63, 3.8) is 0 Å². The number of halogens is 4. The molecule has 5 heteroatoms. The highest BCUT2D eigenvalue weighted by molar-refractivity contribution is 9.10. The van der Waals surface area contributed by atoms with Crippen LogP contribution in [0.5, 0.6) is 0 Å². The van der Waals surface area contributed by atoms with Crippen LogP contribution < -0.4 is 5.73 Å². The lowest BCUT2D eigenvalue weighted by Gasteiger charge is -2.15. The summed E-state index contributed by atoms with van der Waals surface area (Å²) in [5.74, 6) is 0.